The van der Waals surface area contributed by atoms with Crippen LogP contribution in [0.15, 0.2) is 24.7 Å². The molecular formula is C9H10N4O2. The van der Waals surface area contributed by atoms with E-state index in [-0.39, 0.29) is 6.09 Å². The summed E-state index contributed by atoms with van der Waals surface area (Å²) in [5.41, 5.74) is 1.76. The lowest BCUT2D eigenvalue weighted by molar-refractivity contribution is 0.178. The number of hydrogen-bond acceptors (Lipinski definition) is 4. The average Bonchev–Trinajstić information content (AvgIpc) is 2.88. The van der Waals surface area contributed by atoms with Gasteiger partial charge >= 0.3 is 6.09 Å². The van der Waals surface area contributed by atoms with Crippen LogP contribution in [0.2, 0.25) is 0 Å². The molecule has 15 heavy (non-hydrogen) atoms. The van der Waals surface area contributed by atoms with Gasteiger partial charge < -0.3 is 15.0 Å². The van der Waals surface area contributed by atoms with Crippen LogP contribution in [-0.2, 0) is 4.74 Å². The van der Waals surface area contributed by atoms with Gasteiger partial charge in [0.15, 0.2) is 5.65 Å². The number of alkyl carbamates (subject to hydrolysis) is 1. The number of hydrogen-bond donors (Lipinski definition) is 2. The van der Waals surface area contributed by atoms with Crippen LogP contribution in [0.4, 0.5) is 4.79 Å². The first kappa shape index (κ1) is 9.45. The van der Waals surface area contributed by atoms with Crippen molar-refractivity contribution in [3.63, 3.8) is 0 Å². The number of carbonyl (C=O) groups excluding carboxylic acids is 1. The highest BCUT2D eigenvalue weighted by molar-refractivity contribution is 5.69. The van der Waals surface area contributed by atoms with Gasteiger partial charge in [0.1, 0.15) is 6.61 Å². The Balaban J connectivity index is 0.000000124. The molecule has 0 atom stereocenters. The number of H-pyrrole nitrogens is 1. The summed E-state index contributed by atoms with van der Waals surface area (Å²) in [5, 5.41) is 2.46. The molecule has 0 aromatic carbocycles. The largest absolute Gasteiger partial charge is 0.448 e. The Labute approximate surface area is 85.7 Å². The molecule has 2 aromatic heterocycles. The second-order valence-electron chi connectivity index (χ2n) is 2.84. The topological polar surface area (TPSA) is 79.9 Å². The van der Waals surface area contributed by atoms with Gasteiger partial charge in [-0.2, -0.15) is 0 Å². The van der Waals surface area contributed by atoms with E-state index in [9.17, 15) is 4.79 Å². The van der Waals surface area contributed by atoms with Gasteiger partial charge in [-0.3, -0.25) is 0 Å². The third-order valence-electron chi connectivity index (χ3n) is 1.80. The SMILES string of the molecule is O=C1NCCO1.c1cnc2nc[nH]c2c1. The molecule has 0 saturated carbocycles. The molecule has 6 heteroatoms. The van der Waals surface area contributed by atoms with E-state index in [1.807, 2.05) is 12.1 Å². The maximum Gasteiger partial charge on any atom is 0.407 e. The number of carbonyl (C=O) groups is 1. The number of aromatic nitrogens is 3. The van der Waals surface area contributed by atoms with Gasteiger partial charge in [-0.1, -0.05) is 0 Å². The minimum atomic E-state index is -0.296. The van der Waals surface area contributed by atoms with Crippen molar-refractivity contribution in [3.05, 3.63) is 24.7 Å². The fraction of sp³-hybridized carbons (Fsp3) is 0.222. The summed E-state index contributed by atoms with van der Waals surface area (Å²) in [6.45, 7) is 1.19. The lowest BCUT2D eigenvalue weighted by Crippen LogP contribution is -2.11. The van der Waals surface area contributed by atoms with Crippen LogP contribution in [0, 0.1) is 0 Å². The van der Waals surface area contributed by atoms with E-state index in [0.717, 1.165) is 11.2 Å². The lowest BCUT2D eigenvalue weighted by atomic mass is 10.4. The van der Waals surface area contributed by atoms with E-state index in [4.69, 9.17) is 0 Å². The first-order chi connectivity index (χ1) is 7.36. The first-order valence-corrected chi connectivity index (χ1v) is 4.51. The molecule has 0 unspecified atom stereocenters. The number of cyclic esters (lactones) is 1. The molecule has 6 nitrogen and oxygen atoms in total. The zero-order chi connectivity index (χ0) is 10.5. The zero-order valence-corrected chi connectivity index (χ0v) is 7.93. The van der Waals surface area contributed by atoms with Crippen molar-refractivity contribution >= 4 is 17.3 Å². The molecule has 0 spiro atoms. The molecule has 1 aliphatic heterocycles. The molecule has 78 valence electrons. The summed E-state index contributed by atoms with van der Waals surface area (Å²) in [6.07, 6.45) is 3.07. The predicted octanol–water partition coefficient (Wildman–Crippen LogP) is 0.684. The molecule has 1 saturated heterocycles. The zero-order valence-electron chi connectivity index (χ0n) is 7.93. The Hall–Kier alpha value is -2.11. The number of imidazole rings is 1. The minimum Gasteiger partial charge on any atom is -0.448 e. The van der Waals surface area contributed by atoms with Crippen LogP contribution in [-0.4, -0.2) is 34.2 Å². The maximum absolute atomic E-state index is 9.91. The molecule has 1 aliphatic rings. The number of nitrogens with zero attached hydrogens (tertiary/aromatic N) is 2. The van der Waals surface area contributed by atoms with E-state index < -0.39 is 0 Å². The van der Waals surface area contributed by atoms with Gasteiger partial charge in [0, 0.05) is 6.20 Å². The Morgan fingerprint density at radius 1 is 1.40 bits per heavy atom. The van der Waals surface area contributed by atoms with Crippen molar-refractivity contribution in [2.24, 2.45) is 0 Å². The van der Waals surface area contributed by atoms with Gasteiger partial charge in [-0.05, 0) is 12.1 Å². The number of rotatable bonds is 0. The summed E-state index contributed by atoms with van der Waals surface area (Å²) in [7, 11) is 0. The predicted molar refractivity (Wildman–Crippen MR) is 53.2 cm³/mol. The fourth-order valence-electron chi connectivity index (χ4n) is 1.12. The Morgan fingerprint density at radius 2 is 2.33 bits per heavy atom. The van der Waals surface area contributed by atoms with Gasteiger partial charge in [0.05, 0.1) is 18.4 Å². The first-order valence-electron chi connectivity index (χ1n) is 4.51. The van der Waals surface area contributed by atoms with E-state index in [1.54, 1.807) is 12.5 Å². The number of aromatic amines is 1. The summed E-state index contributed by atoms with van der Waals surface area (Å²) >= 11 is 0. The van der Waals surface area contributed by atoms with Crippen LogP contribution in [0.25, 0.3) is 11.2 Å². The lowest BCUT2D eigenvalue weighted by Gasteiger charge is -1.80. The molecule has 3 heterocycles. The number of amides is 1. The summed E-state index contributed by atoms with van der Waals surface area (Å²) in [4.78, 5) is 20.8. The summed E-state index contributed by atoms with van der Waals surface area (Å²) in [6, 6.07) is 3.82. The average molecular weight is 206 g/mol. The monoisotopic (exact) mass is 206 g/mol. The highest BCUT2D eigenvalue weighted by atomic mass is 16.6. The quantitative estimate of drug-likeness (QED) is 0.664. The third kappa shape index (κ3) is 2.43. The fourth-order valence-corrected chi connectivity index (χ4v) is 1.12. The Kier molecular flexibility index (Phi) is 2.77. The van der Waals surface area contributed by atoms with Crippen molar-refractivity contribution in [3.8, 4) is 0 Å². The van der Waals surface area contributed by atoms with E-state index in [1.165, 1.54) is 0 Å². The van der Waals surface area contributed by atoms with Crippen molar-refractivity contribution in [2.75, 3.05) is 13.2 Å². The second-order valence-corrected chi connectivity index (χ2v) is 2.84. The summed E-state index contributed by atoms with van der Waals surface area (Å²) < 4.78 is 4.40. The highest BCUT2D eigenvalue weighted by Gasteiger charge is 2.06. The number of pyridine rings is 1. The number of ether oxygens (including phenoxy) is 1. The third-order valence-corrected chi connectivity index (χ3v) is 1.80. The Morgan fingerprint density at radius 3 is 2.93 bits per heavy atom. The molecule has 1 fully saturated rings. The number of fused-ring (bicyclic) bond motifs is 1. The van der Waals surface area contributed by atoms with Crippen molar-refractivity contribution in [1.82, 2.24) is 20.3 Å². The number of nitrogens with one attached hydrogen (secondary N) is 2. The normalized spacial score (nSPS) is 14.0. The van der Waals surface area contributed by atoms with E-state index in [2.05, 4.69) is 25.0 Å². The standard InChI is InChI=1S/C6H5N3.C3H5NO2/c1-2-5-6(7-3-1)9-4-8-5;5-3-4-1-2-6-3/h1-4H,(H,7,8,9);1-2H2,(H,4,5). The minimum absolute atomic E-state index is 0.296. The molecule has 2 aromatic rings. The molecular weight excluding hydrogens is 196 g/mol. The van der Waals surface area contributed by atoms with Crippen molar-refractivity contribution in [1.29, 1.82) is 0 Å². The van der Waals surface area contributed by atoms with E-state index in [0.29, 0.717) is 13.2 Å². The summed E-state index contributed by atoms with van der Waals surface area (Å²) in [5.74, 6) is 0. The van der Waals surface area contributed by atoms with Crippen molar-refractivity contribution in [2.45, 2.75) is 0 Å². The van der Waals surface area contributed by atoms with Gasteiger partial charge in [-0.25, -0.2) is 14.8 Å². The molecule has 1 amide bonds. The van der Waals surface area contributed by atoms with Crippen LogP contribution in [0.3, 0.4) is 0 Å². The van der Waals surface area contributed by atoms with Gasteiger partial charge in [-0.15, -0.1) is 0 Å². The van der Waals surface area contributed by atoms with E-state index >= 15 is 0 Å². The molecule has 0 radical (unpaired) electrons. The van der Waals surface area contributed by atoms with Gasteiger partial charge in [0.25, 0.3) is 0 Å². The molecule has 0 bridgehead atoms. The maximum atomic E-state index is 9.91. The molecule has 2 N–H and O–H groups in total. The highest BCUT2D eigenvalue weighted by Crippen LogP contribution is 2.01. The Bertz CT molecular complexity index is 416. The molecule has 0 aliphatic carbocycles. The molecule has 3 rings (SSSR count). The smallest absolute Gasteiger partial charge is 0.407 e. The van der Waals surface area contributed by atoms with Gasteiger partial charge in [0.2, 0.25) is 0 Å². The van der Waals surface area contributed by atoms with Crippen molar-refractivity contribution < 1.29 is 9.53 Å². The van der Waals surface area contributed by atoms with Crippen LogP contribution in [0.1, 0.15) is 0 Å². The van der Waals surface area contributed by atoms with Crippen LogP contribution >= 0.6 is 0 Å². The van der Waals surface area contributed by atoms with Crippen LogP contribution in [0.5, 0.6) is 0 Å². The second kappa shape index (κ2) is 4.41. The van der Waals surface area contributed by atoms with Crippen LogP contribution < -0.4 is 5.32 Å².